The Balaban J connectivity index is 3.04. The van der Waals surface area contributed by atoms with Crippen molar-refractivity contribution < 1.29 is 30.4 Å². The topological polar surface area (TPSA) is 72.2 Å². The molecule has 0 bridgehead atoms. The maximum Gasteiger partial charge on any atom is 0.320 e. The third-order valence-corrected chi connectivity index (χ3v) is 4.22. The number of halogens is 6. The Kier molecular flexibility index (Phi) is 4.98. The van der Waals surface area contributed by atoms with Crippen LogP contribution in [0.15, 0.2) is 21.5 Å². The van der Waals surface area contributed by atoms with E-state index in [-0.39, 0.29) is 4.47 Å². The Hall–Kier alpha value is -0.940. The number of benzene rings is 1. The zero-order valence-electron chi connectivity index (χ0n) is 9.51. The maximum absolute atomic E-state index is 13.1. The van der Waals surface area contributed by atoms with Gasteiger partial charge < -0.3 is 5.73 Å². The minimum atomic E-state index is -4.58. The fourth-order valence-electron chi connectivity index (χ4n) is 1.12. The molecule has 0 radical (unpaired) electrons. The van der Waals surface area contributed by atoms with Crippen molar-refractivity contribution in [2.75, 3.05) is 12.3 Å². The van der Waals surface area contributed by atoms with Crippen LogP contribution in [0.25, 0.3) is 0 Å². The molecule has 0 saturated carbocycles. The molecule has 0 unspecified atom stereocenters. The van der Waals surface area contributed by atoms with Crippen LogP contribution in [0.5, 0.6) is 0 Å². The van der Waals surface area contributed by atoms with Gasteiger partial charge in [-0.15, -0.1) is 0 Å². The van der Waals surface area contributed by atoms with Crippen LogP contribution in [-0.2, 0) is 10.0 Å². The van der Waals surface area contributed by atoms with Crippen LogP contribution >= 0.6 is 15.9 Å². The zero-order chi connectivity index (χ0) is 15.7. The van der Waals surface area contributed by atoms with Gasteiger partial charge in [-0.1, -0.05) is 0 Å². The van der Waals surface area contributed by atoms with Gasteiger partial charge in [0.05, 0.1) is 16.7 Å². The number of hydrogen-bond acceptors (Lipinski definition) is 3. The Morgan fingerprint density at radius 1 is 1.35 bits per heavy atom. The number of nitrogens with one attached hydrogen (secondary N) is 1. The number of hydrogen-bond donors (Lipinski definition) is 2. The summed E-state index contributed by atoms with van der Waals surface area (Å²) in [6, 6.07) is 1.40. The van der Waals surface area contributed by atoms with Crippen LogP contribution in [0.1, 0.15) is 0 Å². The first-order valence-corrected chi connectivity index (χ1v) is 7.15. The van der Waals surface area contributed by atoms with Crippen LogP contribution in [0.3, 0.4) is 0 Å². The van der Waals surface area contributed by atoms with Gasteiger partial charge in [0.2, 0.25) is 10.0 Å². The van der Waals surface area contributed by atoms with E-state index < -0.39 is 45.3 Å². The minimum absolute atomic E-state index is 0.271. The fraction of sp³-hybridized carbons (Fsp3) is 0.333. The summed E-state index contributed by atoms with van der Waals surface area (Å²) in [4.78, 5) is -0.698. The van der Waals surface area contributed by atoms with Gasteiger partial charge in [0.1, 0.15) is 10.7 Å². The highest BCUT2D eigenvalue weighted by Crippen LogP contribution is 2.27. The molecule has 3 N–H and O–H groups in total. The van der Waals surface area contributed by atoms with Crippen molar-refractivity contribution in [3.05, 3.63) is 22.4 Å². The molecule has 0 spiro atoms. The highest BCUT2D eigenvalue weighted by Gasteiger charge is 2.41. The van der Waals surface area contributed by atoms with Crippen LogP contribution in [-0.4, -0.2) is 27.3 Å². The SMILES string of the molecule is Nc1cc(F)c(Br)cc1S(=O)(=O)NCC(F)(F)C(F)F. The summed E-state index contributed by atoms with van der Waals surface area (Å²) in [5.41, 5.74) is 4.72. The number of nitrogen functional groups attached to an aromatic ring is 1. The molecule has 0 amide bonds. The summed E-state index contributed by atoms with van der Waals surface area (Å²) in [5, 5.41) is 0. The first kappa shape index (κ1) is 17.1. The lowest BCUT2D eigenvalue weighted by molar-refractivity contribution is -0.122. The minimum Gasteiger partial charge on any atom is -0.398 e. The second kappa shape index (κ2) is 5.82. The standard InChI is InChI=1S/C9H8BrF5N2O2S/c10-4-1-7(6(16)2-5(4)11)20(18,19)17-3-9(14,15)8(12)13/h1-2,8,17H,3,16H2. The van der Waals surface area contributed by atoms with Crippen molar-refractivity contribution in [2.45, 2.75) is 17.2 Å². The predicted octanol–water partition coefficient (Wildman–Crippen LogP) is 2.35. The molecule has 11 heteroatoms. The van der Waals surface area contributed by atoms with E-state index >= 15 is 0 Å². The van der Waals surface area contributed by atoms with Gasteiger partial charge in [-0.2, -0.15) is 8.78 Å². The van der Waals surface area contributed by atoms with Crippen molar-refractivity contribution in [1.82, 2.24) is 4.72 Å². The molecule has 1 rings (SSSR count). The monoisotopic (exact) mass is 382 g/mol. The molecule has 0 aliphatic rings. The highest BCUT2D eigenvalue weighted by molar-refractivity contribution is 9.10. The Labute approximate surface area is 119 Å². The number of rotatable bonds is 5. The third kappa shape index (κ3) is 3.79. The van der Waals surface area contributed by atoms with Gasteiger partial charge in [0.25, 0.3) is 0 Å². The average molecular weight is 383 g/mol. The fourth-order valence-corrected chi connectivity index (χ4v) is 2.80. The van der Waals surface area contributed by atoms with E-state index in [2.05, 4.69) is 15.9 Å². The van der Waals surface area contributed by atoms with Gasteiger partial charge >= 0.3 is 12.3 Å². The Morgan fingerprint density at radius 2 is 1.90 bits per heavy atom. The molecular weight excluding hydrogens is 375 g/mol. The van der Waals surface area contributed by atoms with Gasteiger partial charge in [-0.3, -0.25) is 0 Å². The maximum atomic E-state index is 13.1. The highest BCUT2D eigenvalue weighted by atomic mass is 79.9. The first-order valence-electron chi connectivity index (χ1n) is 4.87. The summed E-state index contributed by atoms with van der Waals surface area (Å²) < 4.78 is 86.6. The molecule has 0 aliphatic heterocycles. The normalized spacial score (nSPS) is 12.9. The number of alkyl halides is 4. The van der Waals surface area contributed by atoms with Crippen molar-refractivity contribution in [3.63, 3.8) is 0 Å². The second-order valence-electron chi connectivity index (χ2n) is 3.69. The van der Waals surface area contributed by atoms with E-state index in [0.717, 1.165) is 6.07 Å². The van der Waals surface area contributed by atoms with E-state index in [1.807, 2.05) is 0 Å². The van der Waals surface area contributed by atoms with Crippen LogP contribution in [0.2, 0.25) is 0 Å². The molecular formula is C9H8BrF5N2O2S. The molecule has 4 nitrogen and oxygen atoms in total. The van der Waals surface area contributed by atoms with E-state index in [1.54, 1.807) is 0 Å². The molecule has 0 aromatic heterocycles. The van der Waals surface area contributed by atoms with E-state index in [0.29, 0.717) is 6.07 Å². The Bertz CT molecular complexity index is 609. The molecule has 0 atom stereocenters. The van der Waals surface area contributed by atoms with E-state index in [1.165, 1.54) is 4.72 Å². The quantitative estimate of drug-likeness (QED) is 0.606. The molecule has 0 saturated heterocycles. The number of anilines is 1. The molecule has 0 aliphatic carbocycles. The van der Waals surface area contributed by atoms with E-state index in [4.69, 9.17) is 5.73 Å². The van der Waals surface area contributed by atoms with Gasteiger partial charge in [0.15, 0.2) is 0 Å². The number of nitrogens with two attached hydrogens (primary N) is 1. The lowest BCUT2D eigenvalue weighted by Gasteiger charge is -2.16. The van der Waals surface area contributed by atoms with Crippen LogP contribution in [0.4, 0.5) is 27.6 Å². The van der Waals surface area contributed by atoms with Gasteiger partial charge in [-0.05, 0) is 28.1 Å². The van der Waals surface area contributed by atoms with E-state index in [9.17, 15) is 30.4 Å². The predicted molar refractivity (Wildman–Crippen MR) is 64.7 cm³/mol. The summed E-state index contributed by atoms with van der Waals surface area (Å²) in [6.45, 7) is -1.80. The molecule has 0 heterocycles. The molecule has 1 aromatic carbocycles. The van der Waals surface area contributed by atoms with Gasteiger partial charge in [-0.25, -0.2) is 26.3 Å². The van der Waals surface area contributed by atoms with Crippen LogP contribution in [0, 0.1) is 5.82 Å². The smallest absolute Gasteiger partial charge is 0.320 e. The first-order chi connectivity index (χ1) is 8.97. The van der Waals surface area contributed by atoms with Gasteiger partial charge in [0, 0.05) is 0 Å². The zero-order valence-corrected chi connectivity index (χ0v) is 11.9. The number of sulfonamides is 1. The largest absolute Gasteiger partial charge is 0.398 e. The molecule has 114 valence electrons. The second-order valence-corrected chi connectivity index (χ2v) is 6.28. The van der Waals surface area contributed by atoms with Crippen molar-refractivity contribution in [2.24, 2.45) is 0 Å². The van der Waals surface area contributed by atoms with Crippen molar-refractivity contribution in [1.29, 1.82) is 0 Å². The summed E-state index contributed by atoms with van der Waals surface area (Å²) in [5.74, 6) is -5.39. The van der Waals surface area contributed by atoms with Crippen molar-refractivity contribution in [3.8, 4) is 0 Å². The lowest BCUT2D eigenvalue weighted by atomic mass is 10.3. The lowest BCUT2D eigenvalue weighted by Crippen LogP contribution is -2.41. The van der Waals surface area contributed by atoms with Crippen LogP contribution < -0.4 is 10.5 Å². The Morgan fingerprint density at radius 3 is 2.40 bits per heavy atom. The summed E-state index contributed by atoms with van der Waals surface area (Å²) in [7, 11) is -4.58. The molecule has 0 fully saturated rings. The molecule has 20 heavy (non-hydrogen) atoms. The van der Waals surface area contributed by atoms with Crippen molar-refractivity contribution >= 4 is 31.6 Å². The molecule has 1 aromatic rings. The third-order valence-electron chi connectivity index (χ3n) is 2.16. The summed E-state index contributed by atoms with van der Waals surface area (Å²) in [6.07, 6.45) is -4.03. The average Bonchev–Trinajstić information content (AvgIpc) is 2.31. The summed E-state index contributed by atoms with van der Waals surface area (Å²) >= 11 is 2.70.